The van der Waals surface area contributed by atoms with Gasteiger partial charge in [0.2, 0.25) is 10.0 Å². The molecule has 6 nitrogen and oxygen atoms in total. The van der Waals surface area contributed by atoms with E-state index in [1.807, 2.05) is 13.0 Å². The van der Waals surface area contributed by atoms with Gasteiger partial charge in [-0.2, -0.15) is 9.40 Å². The maximum atomic E-state index is 12.5. The molecule has 118 valence electrons. The summed E-state index contributed by atoms with van der Waals surface area (Å²) in [5.74, 6) is 0. The summed E-state index contributed by atoms with van der Waals surface area (Å²) >= 11 is 0. The highest BCUT2D eigenvalue weighted by Crippen LogP contribution is 2.21. The normalized spacial score (nSPS) is 19.6. The quantitative estimate of drug-likeness (QED) is 0.870. The van der Waals surface area contributed by atoms with Crippen LogP contribution in [0.1, 0.15) is 17.7 Å². The van der Waals surface area contributed by atoms with E-state index in [1.165, 1.54) is 0 Å². The SMILES string of the molecule is Cc1cn[nH]c1CN[C@H]1CCN(S(=O)(=O)c2ccccc2)C1. The molecule has 0 unspecified atom stereocenters. The predicted octanol–water partition coefficient (Wildman–Crippen LogP) is 1.27. The molecule has 1 aliphatic heterocycles. The lowest BCUT2D eigenvalue weighted by molar-refractivity contribution is 0.455. The van der Waals surface area contributed by atoms with Crippen molar-refractivity contribution in [3.63, 3.8) is 0 Å². The molecule has 1 aromatic heterocycles. The molecule has 0 bridgehead atoms. The summed E-state index contributed by atoms with van der Waals surface area (Å²) in [6.45, 7) is 3.73. The van der Waals surface area contributed by atoms with Crippen molar-refractivity contribution in [3.05, 3.63) is 47.8 Å². The lowest BCUT2D eigenvalue weighted by Gasteiger charge is -2.17. The molecule has 1 fully saturated rings. The highest BCUT2D eigenvalue weighted by atomic mass is 32.2. The number of rotatable bonds is 5. The number of hydrogen-bond donors (Lipinski definition) is 2. The van der Waals surface area contributed by atoms with Gasteiger partial charge in [0, 0.05) is 25.7 Å². The number of nitrogens with one attached hydrogen (secondary N) is 2. The molecule has 2 N–H and O–H groups in total. The number of H-pyrrole nitrogens is 1. The van der Waals surface area contributed by atoms with Crippen molar-refractivity contribution in [2.24, 2.45) is 0 Å². The van der Waals surface area contributed by atoms with E-state index >= 15 is 0 Å². The molecular weight excluding hydrogens is 300 g/mol. The Bertz CT molecular complexity index is 727. The summed E-state index contributed by atoms with van der Waals surface area (Å²) in [7, 11) is -3.38. The van der Waals surface area contributed by atoms with E-state index in [-0.39, 0.29) is 6.04 Å². The number of aryl methyl sites for hydroxylation is 1. The Hall–Kier alpha value is -1.70. The number of benzene rings is 1. The number of aromatic nitrogens is 2. The van der Waals surface area contributed by atoms with Gasteiger partial charge in [0.15, 0.2) is 0 Å². The standard InChI is InChI=1S/C15H20N4O2S/c1-12-9-17-18-15(12)10-16-13-7-8-19(11-13)22(20,21)14-5-3-2-4-6-14/h2-6,9,13,16H,7-8,10-11H2,1H3,(H,17,18)/t13-/m0/s1. The van der Waals surface area contributed by atoms with Crippen molar-refractivity contribution in [2.45, 2.75) is 30.8 Å². The molecule has 0 aliphatic carbocycles. The Balaban J connectivity index is 1.61. The minimum absolute atomic E-state index is 0.168. The lowest BCUT2D eigenvalue weighted by atomic mass is 10.2. The Morgan fingerprint density at radius 2 is 2.14 bits per heavy atom. The third-order valence-corrected chi connectivity index (χ3v) is 5.91. The van der Waals surface area contributed by atoms with Crippen molar-refractivity contribution in [3.8, 4) is 0 Å². The van der Waals surface area contributed by atoms with E-state index in [1.54, 1.807) is 34.8 Å². The molecular formula is C15H20N4O2S. The average molecular weight is 320 g/mol. The van der Waals surface area contributed by atoms with E-state index in [4.69, 9.17) is 0 Å². The van der Waals surface area contributed by atoms with E-state index in [0.717, 1.165) is 17.7 Å². The van der Waals surface area contributed by atoms with Crippen molar-refractivity contribution in [1.82, 2.24) is 19.8 Å². The van der Waals surface area contributed by atoms with Crippen molar-refractivity contribution in [1.29, 1.82) is 0 Å². The van der Waals surface area contributed by atoms with Crippen LogP contribution in [0, 0.1) is 6.92 Å². The Morgan fingerprint density at radius 1 is 1.36 bits per heavy atom. The predicted molar refractivity (Wildman–Crippen MR) is 83.8 cm³/mol. The monoisotopic (exact) mass is 320 g/mol. The molecule has 22 heavy (non-hydrogen) atoms. The zero-order chi connectivity index (χ0) is 15.6. The van der Waals surface area contributed by atoms with Crippen molar-refractivity contribution < 1.29 is 8.42 Å². The number of hydrogen-bond acceptors (Lipinski definition) is 4. The van der Waals surface area contributed by atoms with Crippen LogP contribution in [0.3, 0.4) is 0 Å². The molecule has 7 heteroatoms. The molecule has 2 aromatic rings. The maximum absolute atomic E-state index is 12.5. The molecule has 0 radical (unpaired) electrons. The van der Waals surface area contributed by atoms with E-state index < -0.39 is 10.0 Å². The first-order valence-corrected chi connectivity index (χ1v) is 8.79. The number of sulfonamides is 1. The maximum Gasteiger partial charge on any atom is 0.243 e. The summed E-state index contributed by atoms with van der Waals surface area (Å²) in [6.07, 6.45) is 2.61. The molecule has 0 saturated carbocycles. The van der Waals surface area contributed by atoms with Crippen LogP contribution in [0.25, 0.3) is 0 Å². The second-order valence-corrected chi connectivity index (χ2v) is 7.51. The Morgan fingerprint density at radius 3 is 2.82 bits per heavy atom. The van der Waals surface area contributed by atoms with Crippen LogP contribution >= 0.6 is 0 Å². The molecule has 1 aliphatic rings. The molecule has 3 rings (SSSR count). The fourth-order valence-electron chi connectivity index (χ4n) is 2.65. The summed E-state index contributed by atoms with van der Waals surface area (Å²) in [5, 5.41) is 10.3. The molecule has 1 saturated heterocycles. The summed E-state index contributed by atoms with van der Waals surface area (Å²) in [4.78, 5) is 0.361. The smallest absolute Gasteiger partial charge is 0.243 e. The van der Waals surface area contributed by atoms with E-state index in [9.17, 15) is 8.42 Å². The first-order chi connectivity index (χ1) is 10.6. The molecule has 0 amide bonds. The van der Waals surface area contributed by atoms with Gasteiger partial charge >= 0.3 is 0 Å². The van der Waals surface area contributed by atoms with Gasteiger partial charge in [-0.1, -0.05) is 18.2 Å². The minimum atomic E-state index is -3.38. The molecule has 2 heterocycles. The fraction of sp³-hybridized carbons (Fsp3) is 0.400. The van der Waals surface area contributed by atoms with Gasteiger partial charge in [-0.25, -0.2) is 8.42 Å². The van der Waals surface area contributed by atoms with Gasteiger partial charge in [-0.3, -0.25) is 5.10 Å². The van der Waals surface area contributed by atoms with Crippen LogP contribution in [-0.4, -0.2) is 42.1 Å². The van der Waals surface area contributed by atoms with Gasteiger partial charge in [-0.05, 0) is 31.0 Å². The van der Waals surface area contributed by atoms with Crippen LogP contribution in [0.2, 0.25) is 0 Å². The van der Waals surface area contributed by atoms with Crippen molar-refractivity contribution in [2.75, 3.05) is 13.1 Å². The lowest BCUT2D eigenvalue weighted by Crippen LogP contribution is -2.35. The van der Waals surface area contributed by atoms with Crippen molar-refractivity contribution >= 4 is 10.0 Å². The number of nitrogens with zero attached hydrogens (tertiary/aromatic N) is 2. The van der Waals surface area contributed by atoms with Crippen LogP contribution in [0.4, 0.5) is 0 Å². The third-order valence-electron chi connectivity index (χ3n) is 4.03. The highest BCUT2D eigenvalue weighted by molar-refractivity contribution is 7.89. The summed E-state index contributed by atoms with van der Waals surface area (Å²) in [5.41, 5.74) is 2.16. The average Bonchev–Trinajstić information content (AvgIpc) is 3.15. The van der Waals surface area contributed by atoms with Crippen LogP contribution in [-0.2, 0) is 16.6 Å². The Labute approximate surface area is 130 Å². The summed E-state index contributed by atoms with van der Waals surface area (Å²) < 4.78 is 26.7. The van der Waals surface area contributed by atoms with Gasteiger partial charge in [0.1, 0.15) is 0 Å². The fourth-order valence-corrected chi connectivity index (χ4v) is 4.17. The zero-order valence-electron chi connectivity index (χ0n) is 12.5. The first-order valence-electron chi connectivity index (χ1n) is 7.35. The van der Waals surface area contributed by atoms with Gasteiger partial charge in [-0.15, -0.1) is 0 Å². The van der Waals surface area contributed by atoms with Gasteiger partial charge in [0.25, 0.3) is 0 Å². The third kappa shape index (κ3) is 3.06. The molecule has 1 atom stereocenters. The summed E-state index contributed by atoms with van der Waals surface area (Å²) in [6, 6.07) is 8.77. The minimum Gasteiger partial charge on any atom is -0.307 e. The topological polar surface area (TPSA) is 78.1 Å². The highest BCUT2D eigenvalue weighted by Gasteiger charge is 2.32. The van der Waals surface area contributed by atoms with Crippen LogP contribution < -0.4 is 5.32 Å². The van der Waals surface area contributed by atoms with Crippen LogP contribution in [0.5, 0.6) is 0 Å². The van der Waals surface area contributed by atoms with E-state index in [2.05, 4.69) is 15.5 Å². The Kier molecular flexibility index (Phi) is 4.28. The van der Waals surface area contributed by atoms with Crippen LogP contribution in [0.15, 0.2) is 41.4 Å². The van der Waals surface area contributed by atoms with Gasteiger partial charge < -0.3 is 5.32 Å². The second kappa shape index (κ2) is 6.20. The molecule has 1 aromatic carbocycles. The number of aromatic amines is 1. The molecule has 0 spiro atoms. The largest absolute Gasteiger partial charge is 0.307 e. The first kappa shape index (κ1) is 15.2. The van der Waals surface area contributed by atoms with E-state index in [0.29, 0.717) is 24.5 Å². The zero-order valence-corrected chi connectivity index (χ0v) is 13.3. The second-order valence-electron chi connectivity index (χ2n) is 5.57. The van der Waals surface area contributed by atoms with Gasteiger partial charge in [0.05, 0.1) is 16.8 Å².